The van der Waals surface area contributed by atoms with E-state index < -0.39 is 115 Å². The molecule has 1 saturated heterocycles. The number of carboxylic acid groups (broad SMARTS) is 1. The molecule has 5 amide bonds. The minimum Gasteiger partial charge on any atom is -0.479 e. The van der Waals surface area contributed by atoms with Crippen molar-refractivity contribution in [2.24, 2.45) is 0 Å². The number of carbonyl (C=O) groups is 7. The number of alkyl carbamates (subject to hydrolysis) is 1. The smallest absolute Gasteiger partial charge is 0.407 e. The molecule has 0 aliphatic carbocycles. The quantitative estimate of drug-likeness (QED) is 0.0498. The highest BCUT2D eigenvalue weighted by Gasteiger charge is 2.49. The van der Waals surface area contributed by atoms with Crippen LogP contribution in [0.4, 0.5) is 19.3 Å². The van der Waals surface area contributed by atoms with Crippen LogP contribution < -0.4 is 26.2 Å². The first-order valence-electron chi connectivity index (χ1n) is 21.5. The van der Waals surface area contributed by atoms with Crippen LogP contribution in [-0.2, 0) is 74.9 Å². The second-order valence-electron chi connectivity index (χ2n) is 16.5. The van der Waals surface area contributed by atoms with E-state index in [9.17, 15) is 68.3 Å². The number of pyridine rings is 2. The average Bonchev–Trinajstić information content (AvgIpc) is 3.85. The number of aliphatic hydroxyl groups is 4. The highest BCUT2D eigenvalue weighted by atomic mass is 19.1. The molecule has 23 nitrogen and oxygen atoms in total. The SMILES string of the molecule is CC[C@@]1(O)C(=O)OCc2c1cc1n(c2=O)Cc2c-1nc1cc(F)cc(F)c1c2CNC(=O)OCc1ccc(O[C@@H]2O[C@H](C(=O)O)[C@@H](O)[C@H](O)[C@H]2O)c(NC(=O)CCNC(=O)CCN2C(=O)C=CC2=O)c1. The second-order valence-corrected chi connectivity index (χ2v) is 16.5. The molecule has 0 spiro atoms. The summed E-state index contributed by atoms with van der Waals surface area (Å²) in [6, 6.07) is 6.79. The van der Waals surface area contributed by atoms with E-state index in [0.29, 0.717) is 6.07 Å². The molecule has 25 heteroatoms. The molecular weight excluding hydrogens is 935 g/mol. The highest BCUT2D eigenvalue weighted by Crippen LogP contribution is 2.41. The Morgan fingerprint density at radius 2 is 1.67 bits per heavy atom. The summed E-state index contributed by atoms with van der Waals surface area (Å²) in [6.45, 7) is -0.485. The standard InChI is InChI=1S/C45H42F2N6O17/c1-2-45(66)24-14-28-35-22(16-53(28)40(61)23(24)18-67-43(45)64)21(34-25(47)12-20(46)13-27(34)51-35)15-49-44(65)68-17-19-3-4-29(69-42-38(60)36(58)37(59)39(70-42)41(62)63)26(11-19)50-31(55)7-9-48-30(54)8-10-52-32(56)5-6-33(52)57/h3-6,11-14,36-39,42,58-60,66H,2,7-10,15-18H2,1H3,(H,48,54)(H,49,65)(H,50,55)(H,62,63)/t36-,37-,38+,39-,42+,45-/m0/s1. The van der Waals surface area contributed by atoms with Crippen LogP contribution in [0.1, 0.15) is 54.0 Å². The lowest BCUT2D eigenvalue weighted by Crippen LogP contribution is -2.61. The highest BCUT2D eigenvalue weighted by molar-refractivity contribution is 6.13. The van der Waals surface area contributed by atoms with Crippen molar-refractivity contribution in [1.82, 2.24) is 25.1 Å². The number of amides is 5. The van der Waals surface area contributed by atoms with Crippen molar-refractivity contribution in [1.29, 1.82) is 0 Å². The summed E-state index contributed by atoms with van der Waals surface area (Å²) >= 11 is 0. The Hall–Kier alpha value is -7.71. The third-order valence-electron chi connectivity index (χ3n) is 12.1. The second kappa shape index (κ2) is 19.4. The van der Waals surface area contributed by atoms with Crippen LogP contribution in [0.3, 0.4) is 0 Å². The summed E-state index contributed by atoms with van der Waals surface area (Å²) in [5.41, 5.74) is -2.33. The number of cyclic esters (lactones) is 1. The molecule has 6 heterocycles. The van der Waals surface area contributed by atoms with Gasteiger partial charge in [-0.05, 0) is 35.7 Å². The molecule has 4 aliphatic rings. The van der Waals surface area contributed by atoms with Crippen LogP contribution in [-0.4, -0.2) is 125 Å². The number of nitrogens with one attached hydrogen (secondary N) is 3. The van der Waals surface area contributed by atoms with Crippen molar-refractivity contribution in [2.75, 3.05) is 18.4 Å². The predicted molar refractivity (Wildman–Crippen MR) is 230 cm³/mol. The fourth-order valence-electron chi connectivity index (χ4n) is 8.40. The van der Waals surface area contributed by atoms with Gasteiger partial charge >= 0.3 is 18.0 Å². The summed E-state index contributed by atoms with van der Waals surface area (Å²) in [4.78, 5) is 106. The maximum atomic E-state index is 15.6. The molecule has 8 rings (SSSR count). The van der Waals surface area contributed by atoms with Gasteiger partial charge in [-0.15, -0.1) is 0 Å². The molecule has 368 valence electrons. The van der Waals surface area contributed by atoms with Crippen LogP contribution in [0, 0.1) is 11.6 Å². The number of esters is 1. The van der Waals surface area contributed by atoms with Crippen molar-refractivity contribution in [3.63, 3.8) is 0 Å². The lowest BCUT2D eigenvalue weighted by molar-refractivity contribution is -0.271. The number of hydrogen-bond acceptors (Lipinski definition) is 17. The largest absolute Gasteiger partial charge is 0.479 e. The Kier molecular flexibility index (Phi) is 13.5. The molecule has 8 N–H and O–H groups in total. The Morgan fingerprint density at radius 1 is 0.929 bits per heavy atom. The molecule has 0 unspecified atom stereocenters. The first-order valence-corrected chi connectivity index (χ1v) is 21.5. The summed E-state index contributed by atoms with van der Waals surface area (Å²) in [5, 5.41) is 59.2. The number of rotatable bonds is 15. The normalized spacial score (nSPS) is 22.2. The Labute approximate surface area is 392 Å². The number of nitrogens with zero attached hydrogens (tertiary/aromatic N) is 3. The van der Waals surface area contributed by atoms with Crippen LogP contribution in [0.25, 0.3) is 22.3 Å². The Bertz CT molecular complexity index is 2960. The van der Waals surface area contributed by atoms with Gasteiger partial charge in [-0.1, -0.05) is 13.0 Å². The molecule has 6 atom stereocenters. The number of aliphatic hydroxyl groups excluding tert-OH is 3. The molecule has 2 aromatic carbocycles. The third-order valence-corrected chi connectivity index (χ3v) is 12.1. The number of fused-ring (bicyclic) bond motifs is 5. The Morgan fingerprint density at radius 3 is 2.39 bits per heavy atom. The number of anilines is 1. The number of carbonyl (C=O) groups excluding carboxylic acids is 6. The minimum absolute atomic E-state index is 0.00457. The van der Waals surface area contributed by atoms with Gasteiger partial charge in [0, 0.05) is 73.3 Å². The molecule has 1 fully saturated rings. The van der Waals surface area contributed by atoms with Crippen molar-refractivity contribution < 1.29 is 86.8 Å². The number of imide groups is 1. The minimum atomic E-state index is -2.15. The van der Waals surface area contributed by atoms with Crippen molar-refractivity contribution >= 4 is 58.3 Å². The molecule has 70 heavy (non-hydrogen) atoms. The molecular formula is C45H42F2N6O17. The van der Waals surface area contributed by atoms with Gasteiger partial charge in [0.25, 0.3) is 17.4 Å². The fourth-order valence-corrected chi connectivity index (χ4v) is 8.40. The van der Waals surface area contributed by atoms with E-state index in [4.69, 9.17) is 18.9 Å². The summed E-state index contributed by atoms with van der Waals surface area (Å²) in [7, 11) is 0. The van der Waals surface area contributed by atoms with Gasteiger partial charge in [0.2, 0.25) is 18.1 Å². The lowest BCUT2D eigenvalue weighted by atomic mass is 9.86. The van der Waals surface area contributed by atoms with Crippen LogP contribution in [0.2, 0.25) is 0 Å². The fraction of sp³-hybridized carbons (Fsp3) is 0.356. The zero-order chi connectivity index (χ0) is 50.3. The van der Waals surface area contributed by atoms with E-state index in [1.54, 1.807) is 0 Å². The summed E-state index contributed by atoms with van der Waals surface area (Å²) in [6.07, 6.45) is -9.71. The lowest BCUT2D eigenvalue weighted by Gasteiger charge is -2.38. The average molecular weight is 977 g/mol. The first-order chi connectivity index (χ1) is 33.3. The van der Waals surface area contributed by atoms with Gasteiger partial charge in [0.05, 0.1) is 34.7 Å². The van der Waals surface area contributed by atoms with Gasteiger partial charge in [0.15, 0.2) is 11.7 Å². The maximum Gasteiger partial charge on any atom is 0.407 e. The van der Waals surface area contributed by atoms with Gasteiger partial charge < -0.3 is 65.0 Å². The van der Waals surface area contributed by atoms with Crippen molar-refractivity contribution in [3.8, 4) is 17.1 Å². The molecule has 4 aliphatic heterocycles. The van der Waals surface area contributed by atoms with Crippen LogP contribution in [0.5, 0.6) is 5.75 Å². The summed E-state index contributed by atoms with van der Waals surface area (Å²) in [5.74, 6) is -7.40. The van der Waals surface area contributed by atoms with Gasteiger partial charge in [-0.25, -0.2) is 28.1 Å². The molecule has 0 radical (unpaired) electrons. The predicted octanol–water partition coefficient (Wildman–Crippen LogP) is -0.185. The zero-order valence-electron chi connectivity index (χ0n) is 36.6. The van der Waals surface area contributed by atoms with E-state index in [1.807, 2.05) is 0 Å². The molecule has 0 saturated carbocycles. The van der Waals surface area contributed by atoms with E-state index in [0.717, 1.165) is 23.1 Å². The number of aromatic nitrogens is 2. The Balaban J connectivity index is 0.989. The number of carboxylic acids is 1. The van der Waals surface area contributed by atoms with Gasteiger partial charge in [-0.3, -0.25) is 28.9 Å². The number of ether oxygens (including phenoxy) is 4. The third kappa shape index (κ3) is 9.26. The number of hydrogen-bond donors (Lipinski definition) is 8. The van der Waals surface area contributed by atoms with E-state index in [2.05, 4.69) is 20.9 Å². The molecule has 4 aromatic rings. The van der Waals surface area contributed by atoms with E-state index in [-0.39, 0.29) is 100 Å². The monoisotopic (exact) mass is 976 g/mol. The number of halogens is 2. The van der Waals surface area contributed by atoms with E-state index >= 15 is 4.39 Å². The van der Waals surface area contributed by atoms with E-state index in [1.165, 1.54) is 35.8 Å². The van der Waals surface area contributed by atoms with Crippen molar-refractivity contribution in [3.05, 3.63) is 98.4 Å². The van der Waals surface area contributed by atoms with Crippen LogP contribution >= 0.6 is 0 Å². The van der Waals surface area contributed by atoms with Gasteiger partial charge in [-0.2, -0.15) is 0 Å². The topological polar surface area (TPSA) is 332 Å². The van der Waals surface area contributed by atoms with Gasteiger partial charge in [0.1, 0.15) is 48.9 Å². The zero-order valence-corrected chi connectivity index (χ0v) is 36.6. The summed E-state index contributed by atoms with van der Waals surface area (Å²) < 4.78 is 52.9. The number of benzene rings is 2. The molecule has 2 aromatic heterocycles. The van der Waals surface area contributed by atoms with Crippen LogP contribution in [0.15, 0.2) is 53.3 Å². The first kappa shape index (κ1) is 48.7. The molecule has 0 bridgehead atoms. The maximum absolute atomic E-state index is 15.6. The van der Waals surface area contributed by atoms with Crippen molar-refractivity contribution in [2.45, 2.75) is 88.8 Å². The number of aliphatic carboxylic acids is 1.